The molecule has 0 heterocycles. The Kier molecular flexibility index (Phi) is 5.70. The first-order valence-corrected chi connectivity index (χ1v) is 5.86. The summed E-state index contributed by atoms with van der Waals surface area (Å²) in [5.41, 5.74) is 0.510. The van der Waals surface area contributed by atoms with Gasteiger partial charge >= 0.3 is 5.97 Å². The van der Waals surface area contributed by atoms with E-state index in [1.807, 2.05) is 6.92 Å². The molecule has 0 aromatic heterocycles. The lowest BCUT2D eigenvalue weighted by Gasteiger charge is -2.07. The lowest BCUT2D eigenvalue weighted by molar-refractivity contribution is -0.137. The van der Waals surface area contributed by atoms with E-state index in [1.165, 1.54) is 0 Å². The van der Waals surface area contributed by atoms with E-state index in [9.17, 15) is 9.59 Å². The van der Waals surface area contributed by atoms with Gasteiger partial charge in [0, 0.05) is 18.5 Å². The Morgan fingerprint density at radius 3 is 2.83 bits per heavy atom. The van der Waals surface area contributed by atoms with Gasteiger partial charge in [0.05, 0.1) is 6.61 Å². The van der Waals surface area contributed by atoms with E-state index in [0.717, 1.165) is 0 Å². The van der Waals surface area contributed by atoms with Crippen molar-refractivity contribution in [3.63, 3.8) is 0 Å². The maximum Gasteiger partial charge on any atom is 0.303 e. The van der Waals surface area contributed by atoms with E-state index in [0.29, 0.717) is 30.9 Å². The smallest absolute Gasteiger partial charge is 0.303 e. The molecule has 0 aliphatic heterocycles. The standard InChI is InChI=1S/C13H17NO4/c1-2-18-11-6-3-5-10(9-11)13(17)14-8-4-7-12(15)16/h3,5-6,9H,2,4,7-8H2,1H3,(H,14,17)(H,15,16). The van der Waals surface area contributed by atoms with E-state index in [2.05, 4.69) is 5.32 Å². The maximum absolute atomic E-state index is 11.7. The van der Waals surface area contributed by atoms with Crippen LogP contribution in [0.5, 0.6) is 5.75 Å². The lowest BCUT2D eigenvalue weighted by Crippen LogP contribution is -2.24. The zero-order chi connectivity index (χ0) is 13.4. The molecule has 18 heavy (non-hydrogen) atoms. The second-order valence-electron chi connectivity index (χ2n) is 3.71. The number of aliphatic carboxylic acids is 1. The number of amides is 1. The minimum atomic E-state index is -0.859. The molecule has 0 radical (unpaired) electrons. The van der Waals surface area contributed by atoms with Crippen molar-refractivity contribution in [2.45, 2.75) is 19.8 Å². The van der Waals surface area contributed by atoms with Gasteiger partial charge in [-0.2, -0.15) is 0 Å². The molecule has 0 saturated carbocycles. The lowest BCUT2D eigenvalue weighted by atomic mass is 10.2. The first-order chi connectivity index (χ1) is 8.63. The highest BCUT2D eigenvalue weighted by atomic mass is 16.5. The number of carboxylic acid groups (broad SMARTS) is 1. The molecule has 0 atom stereocenters. The van der Waals surface area contributed by atoms with Crippen LogP contribution in [0.3, 0.4) is 0 Å². The van der Waals surface area contributed by atoms with Crippen LogP contribution in [-0.4, -0.2) is 30.1 Å². The summed E-state index contributed by atoms with van der Waals surface area (Å²) in [6.07, 6.45) is 0.478. The van der Waals surface area contributed by atoms with Crippen molar-refractivity contribution in [1.29, 1.82) is 0 Å². The molecule has 0 fully saturated rings. The summed E-state index contributed by atoms with van der Waals surface area (Å²) >= 11 is 0. The maximum atomic E-state index is 11.7. The van der Waals surface area contributed by atoms with Crippen LogP contribution in [0.25, 0.3) is 0 Å². The molecule has 1 amide bonds. The van der Waals surface area contributed by atoms with Gasteiger partial charge in [0.25, 0.3) is 5.91 Å². The molecular weight excluding hydrogens is 234 g/mol. The Balaban J connectivity index is 2.45. The fourth-order valence-corrected chi connectivity index (χ4v) is 1.44. The summed E-state index contributed by atoms with van der Waals surface area (Å²) in [7, 11) is 0. The molecule has 0 bridgehead atoms. The highest BCUT2D eigenvalue weighted by Crippen LogP contribution is 2.13. The van der Waals surface area contributed by atoms with Gasteiger partial charge in [0.1, 0.15) is 5.75 Å². The summed E-state index contributed by atoms with van der Waals surface area (Å²) in [5, 5.41) is 11.1. The van der Waals surface area contributed by atoms with Gasteiger partial charge in [0.2, 0.25) is 0 Å². The van der Waals surface area contributed by atoms with Crippen molar-refractivity contribution in [2.75, 3.05) is 13.2 Å². The van der Waals surface area contributed by atoms with Crippen molar-refractivity contribution in [2.24, 2.45) is 0 Å². The number of hydrogen-bond acceptors (Lipinski definition) is 3. The molecule has 5 nitrogen and oxygen atoms in total. The van der Waals surface area contributed by atoms with Gasteiger partial charge in [-0.05, 0) is 31.5 Å². The van der Waals surface area contributed by atoms with Crippen molar-refractivity contribution >= 4 is 11.9 Å². The molecule has 1 aromatic carbocycles. The van der Waals surface area contributed by atoms with Crippen molar-refractivity contribution < 1.29 is 19.4 Å². The number of ether oxygens (including phenoxy) is 1. The number of carbonyl (C=O) groups excluding carboxylic acids is 1. The van der Waals surface area contributed by atoms with Gasteiger partial charge in [-0.25, -0.2) is 0 Å². The number of nitrogens with one attached hydrogen (secondary N) is 1. The first kappa shape index (κ1) is 14.0. The minimum Gasteiger partial charge on any atom is -0.494 e. The second-order valence-corrected chi connectivity index (χ2v) is 3.71. The summed E-state index contributed by atoms with van der Waals surface area (Å²) in [5.74, 6) is -0.430. The predicted octanol–water partition coefficient (Wildman–Crippen LogP) is 1.68. The number of rotatable bonds is 7. The average molecular weight is 251 g/mol. The van der Waals surface area contributed by atoms with Gasteiger partial charge in [0.15, 0.2) is 0 Å². The van der Waals surface area contributed by atoms with Crippen LogP contribution in [0.15, 0.2) is 24.3 Å². The molecule has 0 unspecified atom stereocenters. The molecule has 5 heteroatoms. The summed E-state index contributed by atoms with van der Waals surface area (Å²) in [4.78, 5) is 22.0. The molecule has 0 aliphatic rings. The van der Waals surface area contributed by atoms with Gasteiger partial charge in [-0.1, -0.05) is 6.07 Å². The molecular formula is C13H17NO4. The van der Waals surface area contributed by atoms with Crippen LogP contribution in [0.4, 0.5) is 0 Å². The normalized spacial score (nSPS) is 9.83. The molecule has 1 rings (SSSR count). The van der Waals surface area contributed by atoms with Crippen LogP contribution < -0.4 is 10.1 Å². The quantitative estimate of drug-likeness (QED) is 0.723. The van der Waals surface area contributed by atoms with E-state index < -0.39 is 5.97 Å². The fourth-order valence-electron chi connectivity index (χ4n) is 1.44. The van der Waals surface area contributed by atoms with Crippen LogP contribution in [0, 0.1) is 0 Å². The fraction of sp³-hybridized carbons (Fsp3) is 0.385. The molecule has 0 aliphatic carbocycles. The summed E-state index contributed by atoms with van der Waals surface area (Å²) in [6, 6.07) is 6.88. The summed E-state index contributed by atoms with van der Waals surface area (Å²) < 4.78 is 5.30. The van der Waals surface area contributed by atoms with Crippen LogP contribution in [0.1, 0.15) is 30.1 Å². The Labute approximate surface area is 106 Å². The van der Waals surface area contributed by atoms with Gasteiger partial charge in [-0.15, -0.1) is 0 Å². The zero-order valence-corrected chi connectivity index (χ0v) is 10.3. The topological polar surface area (TPSA) is 75.6 Å². The summed E-state index contributed by atoms with van der Waals surface area (Å²) in [6.45, 7) is 2.77. The highest BCUT2D eigenvalue weighted by molar-refractivity contribution is 5.94. The highest BCUT2D eigenvalue weighted by Gasteiger charge is 2.06. The first-order valence-electron chi connectivity index (χ1n) is 5.86. The van der Waals surface area contributed by atoms with E-state index >= 15 is 0 Å². The predicted molar refractivity (Wildman–Crippen MR) is 66.8 cm³/mol. The van der Waals surface area contributed by atoms with Crippen LogP contribution in [-0.2, 0) is 4.79 Å². The van der Waals surface area contributed by atoms with E-state index in [-0.39, 0.29) is 12.3 Å². The molecule has 2 N–H and O–H groups in total. The third kappa shape index (κ3) is 4.86. The third-order valence-electron chi connectivity index (χ3n) is 2.26. The van der Waals surface area contributed by atoms with Crippen molar-refractivity contribution in [3.05, 3.63) is 29.8 Å². The molecule has 1 aromatic rings. The number of benzene rings is 1. The van der Waals surface area contributed by atoms with Gasteiger partial charge in [-0.3, -0.25) is 9.59 Å². The van der Waals surface area contributed by atoms with Crippen molar-refractivity contribution in [1.82, 2.24) is 5.32 Å². The molecule has 98 valence electrons. The largest absolute Gasteiger partial charge is 0.494 e. The van der Waals surface area contributed by atoms with Gasteiger partial charge < -0.3 is 15.2 Å². The zero-order valence-electron chi connectivity index (χ0n) is 10.3. The van der Waals surface area contributed by atoms with Crippen LogP contribution in [0.2, 0.25) is 0 Å². The van der Waals surface area contributed by atoms with E-state index in [4.69, 9.17) is 9.84 Å². The van der Waals surface area contributed by atoms with Crippen LogP contribution >= 0.6 is 0 Å². The number of carboxylic acids is 1. The monoisotopic (exact) mass is 251 g/mol. The average Bonchev–Trinajstić information content (AvgIpc) is 2.35. The number of hydrogen-bond donors (Lipinski definition) is 2. The Bertz CT molecular complexity index is 417. The number of carbonyl (C=O) groups is 2. The second kappa shape index (κ2) is 7.32. The Morgan fingerprint density at radius 2 is 2.17 bits per heavy atom. The van der Waals surface area contributed by atoms with Crippen molar-refractivity contribution in [3.8, 4) is 5.75 Å². The molecule has 0 spiro atoms. The molecule has 0 saturated heterocycles. The Morgan fingerprint density at radius 1 is 1.39 bits per heavy atom. The minimum absolute atomic E-state index is 0.0548. The SMILES string of the molecule is CCOc1cccc(C(=O)NCCCC(=O)O)c1. The Hall–Kier alpha value is -2.04. The third-order valence-corrected chi connectivity index (χ3v) is 2.26. The van der Waals surface area contributed by atoms with E-state index in [1.54, 1.807) is 24.3 Å².